The fraction of sp³-hybridized carbons (Fsp3) is 0.278. The monoisotopic (exact) mass is 322 g/mol. The van der Waals surface area contributed by atoms with Crippen molar-refractivity contribution in [2.45, 2.75) is 19.0 Å². The third kappa shape index (κ3) is 2.50. The van der Waals surface area contributed by atoms with E-state index in [1.54, 1.807) is 19.3 Å². The zero-order valence-corrected chi connectivity index (χ0v) is 13.4. The van der Waals surface area contributed by atoms with E-state index in [1.807, 2.05) is 30.5 Å². The van der Waals surface area contributed by atoms with Crippen molar-refractivity contribution in [1.29, 1.82) is 0 Å². The second-order valence-corrected chi connectivity index (χ2v) is 6.45. The van der Waals surface area contributed by atoms with Crippen LogP contribution in [0.2, 0.25) is 0 Å². The predicted molar refractivity (Wildman–Crippen MR) is 90.7 cm³/mol. The van der Waals surface area contributed by atoms with E-state index < -0.39 is 0 Å². The number of aromatic nitrogens is 3. The lowest BCUT2D eigenvalue weighted by atomic mass is 9.99. The molecule has 1 fully saturated rings. The molecule has 1 aromatic carbocycles. The summed E-state index contributed by atoms with van der Waals surface area (Å²) in [5, 5.41) is 8.65. The zero-order valence-electron chi connectivity index (χ0n) is 13.4. The summed E-state index contributed by atoms with van der Waals surface area (Å²) in [6.07, 6.45) is 5.27. The smallest absolute Gasteiger partial charge is 0.161 e. The first-order valence-electron chi connectivity index (χ1n) is 7.83. The van der Waals surface area contributed by atoms with Crippen molar-refractivity contribution in [3.8, 4) is 11.1 Å². The first kappa shape index (κ1) is 15.0. The first-order chi connectivity index (χ1) is 11.6. The standard InChI is InChI=1S/C18H18N4O2/c1-12(23)16-8-22(9-18(19)10-24-11-18)17-3-2-13(6-15(16)17)14-4-5-20-21-7-14/h2-8H,9-11,19H2,1H3. The maximum Gasteiger partial charge on any atom is 0.161 e. The van der Waals surface area contributed by atoms with Crippen LogP contribution in [0.3, 0.4) is 0 Å². The molecule has 0 spiro atoms. The molecule has 122 valence electrons. The highest BCUT2D eigenvalue weighted by Gasteiger charge is 2.35. The number of rotatable bonds is 4. The number of nitrogens with zero attached hydrogens (tertiary/aromatic N) is 3. The largest absolute Gasteiger partial charge is 0.377 e. The van der Waals surface area contributed by atoms with Crippen LogP contribution in [-0.4, -0.2) is 39.3 Å². The molecule has 0 radical (unpaired) electrons. The molecule has 3 heterocycles. The fourth-order valence-corrected chi connectivity index (χ4v) is 3.14. The van der Waals surface area contributed by atoms with Crippen molar-refractivity contribution in [3.05, 3.63) is 48.4 Å². The van der Waals surface area contributed by atoms with Gasteiger partial charge in [-0.1, -0.05) is 6.07 Å². The number of carbonyl (C=O) groups is 1. The van der Waals surface area contributed by atoms with Crippen LogP contribution in [0.4, 0.5) is 0 Å². The Morgan fingerprint density at radius 2 is 2.12 bits per heavy atom. The minimum atomic E-state index is -0.353. The van der Waals surface area contributed by atoms with Crippen molar-refractivity contribution in [2.24, 2.45) is 5.73 Å². The maximum atomic E-state index is 12.1. The number of benzene rings is 1. The van der Waals surface area contributed by atoms with Gasteiger partial charge >= 0.3 is 0 Å². The Bertz CT molecular complexity index is 913. The lowest BCUT2D eigenvalue weighted by Gasteiger charge is -2.38. The molecule has 0 unspecified atom stereocenters. The minimum absolute atomic E-state index is 0.0414. The Hall–Kier alpha value is -2.57. The van der Waals surface area contributed by atoms with E-state index in [0.29, 0.717) is 25.3 Å². The van der Waals surface area contributed by atoms with E-state index in [0.717, 1.165) is 22.0 Å². The number of ketones is 1. The topological polar surface area (TPSA) is 83.0 Å². The summed E-state index contributed by atoms with van der Waals surface area (Å²) in [5.74, 6) is 0.0414. The molecular weight excluding hydrogens is 304 g/mol. The summed E-state index contributed by atoms with van der Waals surface area (Å²) in [4.78, 5) is 12.1. The SMILES string of the molecule is CC(=O)c1cn(CC2(N)COC2)c2ccc(-c3ccnnc3)cc12. The van der Waals surface area contributed by atoms with E-state index in [1.165, 1.54) is 0 Å². The van der Waals surface area contributed by atoms with Gasteiger partial charge in [-0.2, -0.15) is 10.2 Å². The number of carbonyl (C=O) groups excluding carboxylic acids is 1. The zero-order chi connectivity index (χ0) is 16.7. The van der Waals surface area contributed by atoms with Gasteiger partial charge in [-0.15, -0.1) is 0 Å². The van der Waals surface area contributed by atoms with Gasteiger partial charge in [-0.05, 0) is 30.7 Å². The van der Waals surface area contributed by atoms with Gasteiger partial charge in [0.1, 0.15) is 0 Å². The molecule has 0 saturated carbocycles. The summed E-state index contributed by atoms with van der Waals surface area (Å²) in [6, 6.07) is 7.99. The lowest BCUT2D eigenvalue weighted by molar-refractivity contribution is -0.0607. The van der Waals surface area contributed by atoms with Crippen molar-refractivity contribution in [2.75, 3.05) is 13.2 Å². The second kappa shape index (κ2) is 5.51. The van der Waals surface area contributed by atoms with Crippen LogP contribution in [-0.2, 0) is 11.3 Å². The highest BCUT2D eigenvalue weighted by Crippen LogP contribution is 2.29. The molecule has 1 saturated heterocycles. The molecule has 0 amide bonds. The van der Waals surface area contributed by atoms with Crippen LogP contribution < -0.4 is 5.73 Å². The van der Waals surface area contributed by atoms with Crippen molar-refractivity contribution < 1.29 is 9.53 Å². The molecular formula is C18H18N4O2. The number of fused-ring (bicyclic) bond motifs is 1. The van der Waals surface area contributed by atoms with Gasteiger partial charge in [0.15, 0.2) is 5.78 Å². The van der Waals surface area contributed by atoms with Crippen molar-refractivity contribution >= 4 is 16.7 Å². The molecule has 4 rings (SSSR count). The molecule has 2 aromatic heterocycles. The quantitative estimate of drug-likeness (QED) is 0.743. The molecule has 6 nitrogen and oxygen atoms in total. The van der Waals surface area contributed by atoms with Crippen LogP contribution in [0.5, 0.6) is 0 Å². The van der Waals surface area contributed by atoms with E-state index >= 15 is 0 Å². The summed E-state index contributed by atoms with van der Waals surface area (Å²) >= 11 is 0. The number of hydrogen-bond donors (Lipinski definition) is 1. The lowest BCUT2D eigenvalue weighted by Crippen LogP contribution is -2.59. The average Bonchev–Trinajstić information content (AvgIpc) is 2.92. The highest BCUT2D eigenvalue weighted by atomic mass is 16.5. The Balaban J connectivity index is 1.83. The van der Waals surface area contributed by atoms with Crippen LogP contribution in [0.1, 0.15) is 17.3 Å². The van der Waals surface area contributed by atoms with E-state index in [4.69, 9.17) is 10.5 Å². The van der Waals surface area contributed by atoms with E-state index in [9.17, 15) is 4.79 Å². The Morgan fingerprint density at radius 3 is 2.75 bits per heavy atom. The Morgan fingerprint density at radius 1 is 1.29 bits per heavy atom. The molecule has 0 atom stereocenters. The third-order valence-electron chi connectivity index (χ3n) is 4.44. The van der Waals surface area contributed by atoms with Crippen LogP contribution >= 0.6 is 0 Å². The Kier molecular flexibility index (Phi) is 3.44. The minimum Gasteiger partial charge on any atom is -0.377 e. The Labute approximate surface area is 139 Å². The summed E-state index contributed by atoms with van der Waals surface area (Å²) < 4.78 is 7.29. The van der Waals surface area contributed by atoms with Gasteiger partial charge in [0.25, 0.3) is 0 Å². The van der Waals surface area contributed by atoms with Crippen LogP contribution in [0.15, 0.2) is 42.9 Å². The van der Waals surface area contributed by atoms with Crippen molar-refractivity contribution in [1.82, 2.24) is 14.8 Å². The number of nitrogens with two attached hydrogens (primary N) is 1. The van der Waals surface area contributed by atoms with E-state index in [2.05, 4.69) is 14.8 Å². The molecule has 2 N–H and O–H groups in total. The molecule has 24 heavy (non-hydrogen) atoms. The normalized spacial score (nSPS) is 16.1. The molecule has 0 bridgehead atoms. The second-order valence-electron chi connectivity index (χ2n) is 6.45. The first-order valence-corrected chi connectivity index (χ1v) is 7.83. The van der Waals surface area contributed by atoms with Gasteiger partial charge in [-0.3, -0.25) is 4.79 Å². The van der Waals surface area contributed by atoms with Crippen LogP contribution in [0.25, 0.3) is 22.0 Å². The van der Waals surface area contributed by atoms with Crippen LogP contribution in [0, 0.1) is 0 Å². The van der Waals surface area contributed by atoms with Gasteiger partial charge in [-0.25, -0.2) is 0 Å². The highest BCUT2D eigenvalue weighted by molar-refractivity contribution is 6.07. The molecule has 0 aliphatic carbocycles. The molecule has 3 aromatic rings. The summed E-state index contributed by atoms with van der Waals surface area (Å²) in [5.41, 5.74) is 9.62. The fourth-order valence-electron chi connectivity index (χ4n) is 3.14. The maximum absolute atomic E-state index is 12.1. The van der Waals surface area contributed by atoms with Gasteiger partial charge in [0.05, 0.1) is 31.1 Å². The molecule has 6 heteroatoms. The molecule has 1 aliphatic heterocycles. The number of hydrogen-bond acceptors (Lipinski definition) is 5. The van der Waals surface area contributed by atoms with Gasteiger partial charge in [0.2, 0.25) is 0 Å². The summed E-state index contributed by atoms with van der Waals surface area (Å²) in [7, 11) is 0. The summed E-state index contributed by atoms with van der Waals surface area (Å²) in [6.45, 7) is 3.31. The number of Topliss-reactive ketones (excluding diaryl/α,β-unsaturated/α-hetero) is 1. The van der Waals surface area contributed by atoms with E-state index in [-0.39, 0.29) is 11.3 Å². The average molecular weight is 322 g/mol. The van der Waals surface area contributed by atoms with Gasteiger partial charge in [0, 0.05) is 34.8 Å². The molecule has 1 aliphatic rings. The predicted octanol–water partition coefficient (Wildman–Crippen LogP) is 2.03. The number of ether oxygens (including phenoxy) is 1. The third-order valence-corrected chi connectivity index (χ3v) is 4.44. The van der Waals surface area contributed by atoms with Gasteiger partial charge < -0.3 is 15.0 Å². The van der Waals surface area contributed by atoms with Crippen molar-refractivity contribution in [3.63, 3.8) is 0 Å².